The van der Waals surface area contributed by atoms with Gasteiger partial charge in [0.05, 0.1) is 13.2 Å². The van der Waals surface area contributed by atoms with Crippen molar-refractivity contribution in [2.45, 2.75) is 121 Å². The Morgan fingerprint density at radius 1 is 0.828 bits per heavy atom. The zero-order valence-corrected chi connectivity index (χ0v) is 18.6. The second-order valence-corrected chi connectivity index (χ2v) is 8.39. The lowest BCUT2D eigenvalue weighted by atomic mass is 10.0. The van der Waals surface area contributed by atoms with Crippen LogP contribution >= 0.6 is 0 Å². The van der Waals surface area contributed by atoms with Gasteiger partial charge in [-0.2, -0.15) is 0 Å². The van der Waals surface area contributed by atoms with E-state index in [0.29, 0.717) is 6.61 Å². The Bertz CT molecular complexity index is 385. The first-order chi connectivity index (χ1) is 14.2. The smallest absolute Gasteiger partial charge is 0.114 e. The molecule has 1 fully saturated rings. The lowest BCUT2D eigenvalue weighted by molar-refractivity contribution is -0.211. The topological polar surface area (TPSA) is 79.2 Å². The summed E-state index contributed by atoms with van der Waals surface area (Å²) in [7, 11) is 0. The van der Waals surface area contributed by atoms with Crippen molar-refractivity contribution < 1.29 is 24.8 Å². The van der Waals surface area contributed by atoms with Gasteiger partial charge in [0.2, 0.25) is 0 Å². The maximum atomic E-state index is 10.0. The molecule has 1 rings (SSSR count). The standard InChI is InChI=1S/C24H46O5/c1-2-3-4-5-6-7-8-9-10-11-12-13-14-15-16-17-18-28-24-22(19-25)29-20-21(26)23(24)27/h11-12,21-27H,2-10,13-20H2,1H3/b12-11+/t21-,22+,23+,24+/m0/s1. The van der Waals surface area contributed by atoms with Gasteiger partial charge in [0, 0.05) is 6.61 Å². The van der Waals surface area contributed by atoms with E-state index in [1.54, 1.807) is 0 Å². The molecule has 4 atom stereocenters. The predicted octanol–water partition coefficient (Wildman–Crippen LogP) is 4.52. The largest absolute Gasteiger partial charge is 0.394 e. The summed E-state index contributed by atoms with van der Waals surface area (Å²) in [5.74, 6) is 0. The Labute approximate surface area is 178 Å². The predicted molar refractivity (Wildman–Crippen MR) is 118 cm³/mol. The van der Waals surface area contributed by atoms with Crippen LogP contribution in [0.1, 0.15) is 96.8 Å². The molecule has 1 aliphatic heterocycles. The number of aliphatic hydroxyl groups is 3. The molecule has 0 aromatic rings. The number of hydrogen-bond donors (Lipinski definition) is 3. The van der Waals surface area contributed by atoms with Gasteiger partial charge in [0.25, 0.3) is 0 Å². The molecule has 0 amide bonds. The van der Waals surface area contributed by atoms with Crippen LogP contribution in [-0.4, -0.2) is 59.6 Å². The van der Waals surface area contributed by atoms with Gasteiger partial charge in [-0.1, -0.05) is 76.9 Å². The first-order valence-electron chi connectivity index (χ1n) is 12.1. The highest BCUT2D eigenvalue weighted by Gasteiger charge is 2.39. The van der Waals surface area contributed by atoms with Crippen LogP contribution in [0.2, 0.25) is 0 Å². The fraction of sp³-hybridized carbons (Fsp3) is 0.917. The van der Waals surface area contributed by atoms with Gasteiger partial charge in [0.15, 0.2) is 0 Å². The molecule has 0 aliphatic carbocycles. The van der Waals surface area contributed by atoms with E-state index in [4.69, 9.17) is 9.47 Å². The van der Waals surface area contributed by atoms with Crippen molar-refractivity contribution >= 4 is 0 Å². The minimum Gasteiger partial charge on any atom is -0.394 e. The third kappa shape index (κ3) is 12.7. The summed E-state index contributed by atoms with van der Waals surface area (Å²) >= 11 is 0. The van der Waals surface area contributed by atoms with Crippen LogP contribution in [0.4, 0.5) is 0 Å². The van der Waals surface area contributed by atoms with E-state index in [1.165, 1.54) is 70.6 Å². The molecule has 5 heteroatoms. The summed E-state index contributed by atoms with van der Waals surface area (Å²) in [5.41, 5.74) is 0. The van der Waals surface area contributed by atoms with Crippen LogP contribution in [-0.2, 0) is 9.47 Å². The van der Waals surface area contributed by atoms with Crippen molar-refractivity contribution in [1.29, 1.82) is 0 Å². The van der Waals surface area contributed by atoms with E-state index in [0.717, 1.165) is 19.3 Å². The number of allylic oxidation sites excluding steroid dienone is 2. The van der Waals surface area contributed by atoms with E-state index < -0.39 is 24.4 Å². The zero-order valence-electron chi connectivity index (χ0n) is 18.6. The van der Waals surface area contributed by atoms with Crippen molar-refractivity contribution in [2.24, 2.45) is 0 Å². The van der Waals surface area contributed by atoms with Gasteiger partial charge in [-0.05, 0) is 32.1 Å². The molecule has 0 aromatic carbocycles. The minimum absolute atomic E-state index is 0.0405. The molecule has 172 valence electrons. The summed E-state index contributed by atoms with van der Waals surface area (Å²) in [4.78, 5) is 0. The fourth-order valence-corrected chi connectivity index (χ4v) is 3.79. The number of unbranched alkanes of at least 4 members (excludes halogenated alkanes) is 12. The SMILES string of the molecule is CCCCCCCCCC/C=C/CCCCCCO[C@H]1[C@H](O)[C@@H](O)CO[C@@H]1CO. The van der Waals surface area contributed by atoms with Crippen molar-refractivity contribution in [2.75, 3.05) is 19.8 Å². The van der Waals surface area contributed by atoms with E-state index in [1.807, 2.05) is 0 Å². The maximum Gasteiger partial charge on any atom is 0.114 e. The Morgan fingerprint density at radius 2 is 1.38 bits per heavy atom. The number of ether oxygens (including phenoxy) is 2. The van der Waals surface area contributed by atoms with Crippen LogP contribution in [0, 0.1) is 0 Å². The molecule has 29 heavy (non-hydrogen) atoms. The van der Waals surface area contributed by atoms with Crippen molar-refractivity contribution in [3.8, 4) is 0 Å². The van der Waals surface area contributed by atoms with Crippen LogP contribution in [0.15, 0.2) is 12.2 Å². The Morgan fingerprint density at radius 3 is 1.97 bits per heavy atom. The fourth-order valence-electron chi connectivity index (χ4n) is 3.79. The lowest BCUT2D eigenvalue weighted by Gasteiger charge is -2.37. The van der Waals surface area contributed by atoms with Crippen LogP contribution in [0.5, 0.6) is 0 Å². The summed E-state index contributed by atoms with van der Waals surface area (Å²) in [6.45, 7) is 2.61. The maximum absolute atomic E-state index is 10.0. The van der Waals surface area contributed by atoms with E-state index >= 15 is 0 Å². The lowest BCUT2D eigenvalue weighted by Crippen LogP contribution is -2.55. The highest BCUT2D eigenvalue weighted by Crippen LogP contribution is 2.19. The molecule has 1 heterocycles. The summed E-state index contributed by atoms with van der Waals surface area (Å²) in [6.07, 6.45) is 19.3. The molecule has 0 unspecified atom stereocenters. The van der Waals surface area contributed by atoms with Gasteiger partial charge in [-0.15, -0.1) is 0 Å². The van der Waals surface area contributed by atoms with Gasteiger partial charge in [-0.3, -0.25) is 0 Å². The minimum atomic E-state index is -0.993. The second-order valence-electron chi connectivity index (χ2n) is 8.39. The first kappa shape index (κ1) is 26.6. The molecule has 0 radical (unpaired) electrons. The molecule has 0 bridgehead atoms. The molecule has 0 aromatic heterocycles. The third-order valence-corrected chi connectivity index (χ3v) is 5.72. The highest BCUT2D eigenvalue weighted by molar-refractivity contribution is 4.87. The Balaban J connectivity index is 1.89. The molecule has 1 aliphatic rings. The van der Waals surface area contributed by atoms with E-state index in [-0.39, 0.29) is 13.2 Å². The second kappa shape index (κ2) is 18.3. The molecule has 0 saturated carbocycles. The van der Waals surface area contributed by atoms with Crippen molar-refractivity contribution in [3.05, 3.63) is 12.2 Å². The summed E-state index contributed by atoms with van der Waals surface area (Å²) in [5, 5.41) is 29.0. The number of rotatable bonds is 18. The van der Waals surface area contributed by atoms with Crippen molar-refractivity contribution in [1.82, 2.24) is 0 Å². The van der Waals surface area contributed by atoms with E-state index in [2.05, 4.69) is 19.1 Å². The summed E-state index contributed by atoms with van der Waals surface area (Å²) in [6, 6.07) is 0. The normalized spacial score (nSPS) is 25.1. The summed E-state index contributed by atoms with van der Waals surface area (Å²) < 4.78 is 11.0. The first-order valence-corrected chi connectivity index (χ1v) is 12.1. The molecule has 1 saturated heterocycles. The van der Waals surface area contributed by atoms with Gasteiger partial charge >= 0.3 is 0 Å². The molecular weight excluding hydrogens is 368 g/mol. The van der Waals surface area contributed by atoms with Crippen LogP contribution in [0.3, 0.4) is 0 Å². The molecule has 0 spiro atoms. The Hall–Kier alpha value is -0.460. The van der Waals surface area contributed by atoms with Crippen LogP contribution in [0.25, 0.3) is 0 Å². The quantitative estimate of drug-likeness (QED) is 0.227. The van der Waals surface area contributed by atoms with Gasteiger partial charge in [-0.25, -0.2) is 0 Å². The van der Waals surface area contributed by atoms with Gasteiger partial charge in [0.1, 0.15) is 24.4 Å². The average molecular weight is 415 g/mol. The average Bonchev–Trinajstić information content (AvgIpc) is 2.73. The zero-order chi connectivity index (χ0) is 21.2. The number of aliphatic hydroxyl groups excluding tert-OH is 3. The van der Waals surface area contributed by atoms with Crippen LogP contribution < -0.4 is 0 Å². The van der Waals surface area contributed by atoms with Crippen molar-refractivity contribution in [3.63, 3.8) is 0 Å². The molecule has 3 N–H and O–H groups in total. The molecule has 5 nitrogen and oxygen atoms in total. The van der Waals surface area contributed by atoms with E-state index in [9.17, 15) is 15.3 Å². The third-order valence-electron chi connectivity index (χ3n) is 5.72. The highest BCUT2D eigenvalue weighted by atomic mass is 16.6. The molecular formula is C24H46O5. The monoisotopic (exact) mass is 414 g/mol. The number of hydrogen-bond acceptors (Lipinski definition) is 5. The Kier molecular flexibility index (Phi) is 16.8. The van der Waals surface area contributed by atoms with Gasteiger partial charge < -0.3 is 24.8 Å².